The van der Waals surface area contributed by atoms with Gasteiger partial charge in [-0.3, -0.25) is 0 Å². The van der Waals surface area contributed by atoms with Crippen LogP contribution in [0, 0.1) is 71.0 Å². The van der Waals surface area contributed by atoms with E-state index in [0.717, 1.165) is 0 Å². The molecule has 120 heavy (non-hydrogen) atoms. The van der Waals surface area contributed by atoms with Crippen LogP contribution in [0.15, 0.2) is 291 Å². The molecule has 0 unspecified atom stereocenters. The van der Waals surface area contributed by atoms with Crippen LogP contribution in [0.1, 0.15) is 129 Å². The van der Waals surface area contributed by atoms with E-state index in [0.29, 0.717) is 134 Å². The molecule has 3 aromatic heterocycles. The van der Waals surface area contributed by atoms with Crippen LogP contribution in [-0.2, 0) is 0 Å². The summed E-state index contributed by atoms with van der Waals surface area (Å²) in [5.74, 6) is 31.7. The highest BCUT2D eigenvalue weighted by atomic mass is 16.4. The largest absolute Gasteiger partial charge is 0.478 e. The van der Waals surface area contributed by atoms with Crippen LogP contribution in [-0.4, -0.2) is 96.4 Å². The van der Waals surface area contributed by atoms with Crippen LogP contribution >= 0.6 is 0 Å². The van der Waals surface area contributed by atoms with Crippen molar-refractivity contribution >= 4 is 68.9 Å². The average molecular weight is 1560 g/mol. The molecule has 0 bridgehead atoms. The molecule has 0 aliphatic rings. The zero-order valence-electron chi connectivity index (χ0n) is 62.5. The van der Waals surface area contributed by atoms with E-state index in [1.54, 1.807) is 72.8 Å². The molecular weight excluding hydrogens is 1500 g/mol. The second-order valence-electron chi connectivity index (χ2n) is 27.1. The molecule has 0 fully saturated rings. The summed E-state index contributed by atoms with van der Waals surface area (Å²) in [6.45, 7) is 0. The number of hydrogen-bond acceptors (Lipinski definition) is 12. The molecule has 16 rings (SSSR count). The van der Waals surface area contributed by atoms with Gasteiger partial charge in [-0.15, -0.1) is 0 Å². The van der Waals surface area contributed by atoms with Crippen molar-refractivity contribution < 1.29 is 59.4 Å². The number of carboxylic acids is 6. The summed E-state index contributed by atoms with van der Waals surface area (Å²) in [5.41, 5.74) is 15.9. The predicted molar refractivity (Wildman–Crippen MR) is 455 cm³/mol. The smallest absolute Gasteiger partial charge is 0.335 e. The molecule has 18 heteroatoms. The van der Waals surface area contributed by atoms with Gasteiger partial charge in [0.15, 0.2) is 0 Å². The molecular formula is C102H54N6O12. The number of nitrogens with zero attached hydrogens (tertiary/aromatic N) is 6. The van der Waals surface area contributed by atoms with Crippen LogP contribution in [0.4, 0.5) is 0 Å². The second-order valence-corrected chi connectivity index (χ2v) is 27.1. The quantitative estimate of drug-likeness (QED) is 0.0489. The Balaban J connectivity index is 0.944. The number of hydrogen-bond donors (Lipinski definition) is 6. The minimum atomic E-state index is -1.06. The SMILES string of the molecule is O=C(O)c1ccc(C#Cc2ccc(-c3nc4c5nc(-c6ccc(C#Cc7ccc(C(=O)O)cc7)cc6)c(-c6ccc(C#Cc7ccc(C(=O)O)cc7)cc6)nc5c5nc(-c6ccc(C#Cc7ccc(C(=O)O)cc7)cc6)c(-c6ccc(C#Cc7ccc(C(=O)O)cc7)cc6)nc5c4nc3-c3ccc(C#Cc4ccc(C(=O)O)cc4)cc3)cc2)cc1. The molecule has 0 aliphatic heterocycles. The minimum absolute atomic E-state index is 0.125. The van der Waals surface area contributed by atoms with E-state index in [-0.39, 0.29) is 66.5 Å². The minimum Gasteiger partial charge on any atom is -0.478 e. The van der Waals surface area contributed by atoms with E-state index in [2.05, 4.69) is 71.0 Å². The van der Waals surface area contributed by atoms with Crippen molar-refractivity contribution in [2.24, 2.45) is 0 Å². The Bertz CT molecular complexity index is 6140. The van der Waals surface area contributed by atoms with E-state index in [4.69, 9.17) is 29.9 Å². The van der Waals surface area contributed by atoms with E-state index >= 15 is 0 Å². The first-order valence-corrected chi connectivity index (χ1v) is 36.9. The monoisotopic (exact) mass is 1550 g/mol. The highest BCUT2D eigenvalue weighted by molar-refractivity contribution is 6.20. The molecule has 6 N–H and O–H groups in total. The number of carboxylic acid groups (broad SMARTS) is 6. The standard InChI is InChI=1S/C102H54N6O12/c109-97(110)79-49-25-67(26-50-79)7-1-61-13-37-73(38-14-61)85-86(74-39-15-62(16-40-74)2-8-68-27-51-80(52-28-68)98(111)112)104-92-91(103-85)93-95(107-88(76-43-19-64(20-44-76)4-10-70-31-55-82(56-32-70)100(115)116)87(105-93)75-41-17-63(18-42-75)3-9-69-29-53-81(54-30-69)99(113)114)96-94(92)106-89(77-45-21-65(22-46-77)5-11-71-33-57-83(58-34-71)101(117)118)90(108-96)78-47-23-66(24-48-78)6-12-72-35-59-84(60-36-72)102(119)120/h13-60H,(H,109,110)(H,111,112)(H,113,114)(H,115,116)(H,117,118)(H,119,120). The van der Waals surface area contributed by atoms with Crippen LogP contribution in [0.25, 0.3) is 101 Å². The highest BCUT2D eigenvalue weighted by Crippen LogP contribution is 2.42. The summed E-state index contributed by atoms with van der Waals surface area (Å²) < 4.78 is 0. The summed E-state index contributed by atoms with van der Waals surface area (Å²) in [4.78, 5) is 104. The molecule has 0 aliphatic carbocycles. The van der Waals surface area contributed by atoms with Gasteiger partial charge >= 0.3 is 35.8 Å². The molecule has 564 valence electrons. The van der Waals surface area contributed by atoms with E-state index in [1.165, 1.54) is 72.8 Å². The third kappa shape index (κ3) is 17.0. The van der Waals surface area contributed by atoms with Gasteiger partial charge in [-0.05, 0) is 218 Å². The molecule has 13 aromatic carbocycles. The van der Waals surface area contributed by atoms with Crippen molar-refractivity contribution in [1.82, 2.24) is 29.9 Å². The molecule has 0 amide bonds. The van der Waals surface area contributed by atoms with Crippen LogP contribution in [0.2, 0.25) is 0 Å². The molecule has 0 spiro atoms. The zero-order valence-corrected chi connectivity index (χ0v) is 62.5. The van der Waals surface area contributed by atoms with Crippen LogP contribution in [0.3, 0.4) is 0 Å². The first-order chi connectivity index (χ1) is 58.3. The predicted octanol–water partition coefficient (Wildman–Crippen LogP) is 18.1. The summed E-state index contributed by atoms with van der Waals surface area (Å²) in [6.07, 6.45) is 0. The van der Waals surface area contributed by atoms with Crippen molar-refractivity contribution in [3.8, 4) is 139 Å². The number of benzene rings is 13. The summed E-state index contributed by atoms with van der Waals surface area (Å²) >= 11 is 0. The molecule has 0 saturated heterocycles. The van der Waals surface area contributed by atoms with Gasteiger partial charge in [0.2, 0.25) is 0 Å². The van der Waals surface area contributed by atoms with Crippen LogP contribution < -0.4 is 0 Å². The Morgan fingerprint density at radius 2 is 0.242 bits per heavy atom. The normalized spacial score (nSPS) is 10.5. The lowest BCUT2D eigenvalue weighted by molar-refractivity contribution is 0.0686. The number of aromatic carboxylic acids is 6. The number of fused-ring (bicyclic) bond motifs is 6. The second kappa shape index (κ2) is 33.4. The first-order valence-electron chi connectivity index (χ1n) is 36.9. The maximum atomic E-state index is 11.7. The van der Waals surface area contributed by atoms with Gasteiger partial charge in [-0.2, -0.15) is 0 Å². The van der Waals surface area contributed by atoms with Gasteiger partial charge in [0.25, 0.3) is 0 Å². The van der Waals surface area contributed by atoms with Crippen molar-refractivity contribution in [2.75, 3.05) is 0 Å². The third-order valence-corrected chi connectivity index (χ3v) is 19.2. The first kappa shape index (κ1) is 76.1. The fourth-order valence-corrected chi connectivity index (χ4v) is 12.8. The average Bonchev–Trinajstić information content (AvgIpc) is 0.712. The molecule has 0 radical (unpaired) electrons. The summed E-state index contributed by atoms with van der Waals surface area (Å²) in [5, 5.41) is 57.5. The molecule has 18 nitrogen and oxygen atoms in total. The van der Waals surface area contributed by atoms with Crippen molar-refractivity contribution in [3.63, 3.8) is 0 Å². The third-order valence-electron chi connectivity index (χ3n) is 19.2. The maximum absolute atomic E-state index is 11.7. The summed E-state index contributed by atoms with van der Waals surface area (Å²) in [6, 6.07) is 82.4. The lowest BCUT2D eigenvalue weighted by Gasteiger charge is -2.17. The van der Waals surface area contributed by atoms with E-state index in [9.17, 15) is 59.4 Å². The lowest BCUT2D eigenvalue weighted by Crippen LogP contribution is -2.04. The van der Waals surface area contributed by atoms with Crippen molar-refractivity contribution in [2.45, 2.75) is 0 Å². The molecule has 0 saturated carbocycles. The van der Waals surface area contributed by atoms with Crippen molar-refractivity contribution in [3.05, 3.63) is 391 Å². The molecule has 3 heterocycles. The summed E-state index contributed by atoms with van der Waals surface area (Å²) in [7, 11) is 0. The van der Waals surface area contributed by atoms with E-state index in [1.807, 2.05) is 146 Å². The Morgan fingerprint density at radius 3 is 0.333 bits per heavy atom. The highest BCUT2D eigenvalue weighted by Gasteiger charge is 2.27. The Labute approximate surface area is 684 Å². The molecule has 0 atom stereocenters. The Morgan fingerprint density at radius 1 is 0.150 bits per heavy atom. The fourth-order valence-electron chi connectivity index (χ4n) is 12.8. The Kier molecular flexibility index (Phi) is 21.2. The number of rotatable bonds is 12. The van der Waals surface area contributed by atoms with Gasteiger partial charge in [0.05, 0.1) is 67.5 Å². The van der Waals surface area contributed by atoms with Gasteiger partial charge in [0.1, 0.15) is 33.1 Å². The molecule has 16 aromatic rings. The van der Waals surface area contributed by atoms with Gasteiger partial charge in [-0.1, -0.05) is 144 Å². The fraction of sp³-hybridized carbons (Fsp3) is 0. The topological polar surface area (TPSA) is 301 Å². The van der Waals surface area contributed by atoms with Crippen molar-refractivity contribution in [1.29, 1.82) is 0 Å². The lowest BCUT2D eigenvalue weighted by atomic mass is 9.99. The van der Waals surface area contributed by atoms with Gasteiger partial charge in [0, 0.05) is 100 Å². The zero-order chi connectivity index (χ0) is 82.9. The number of carbonyl (C=O) groups is 6. The van der Waals surface area contributed by atoms with Gasteiger partial charge in [-0.25, -0.2) is 58.7 Å². The van der Waals surface area contributed by atoms with Gasteiger partial charge < -0.3 is 30.6 Å². The number of aromatic nitrogens is 6. The Hall–Kier alpha value is -17.9. The van der Waals surface area contributed by atoms with Crippen LogP contribution in [0.5, 0.6) is 0 Å². The maximum Gasteiger partial charge on any atom is 0.335 e. The van der Waals surface area contributed by atoms with E-state index < -0.39 is 35.8 Å².